The molecule has 4 bridgehead atoms. The van der Waals surface area contributed by atoms with Crippen molar-refractivity contribution in [3.8, 4) is 0 Å². The minimum absolute atomic E-state index is 0.0556. The van der Waals surface area contributed by atoms with E-state index in [1.165, 1.54) is 45.1 Å². The van der Waals surface area contributed by atoms with Crippen LogP contribution in [0.15, 0.2) is 4.52 Å². The van der Waals surface area contributed by atoms with E-state index in [2.05, 4.69) is 49.8 Å². The maximum atomic E-state index is 5.59. The van der Waals surface area contributed by atoms with Gasteiger partial charge in [-0.1, -0.05) is 25.9 Å². The van der Waals surface area contributed by atoms with Gasteiger partial charge in [-0.15, -0.1) is 0 Å². The maximum Gasteiger partial charge on any atom is 0.243 e. The SMILES string of the molecule is CC(c1nc(C(C)(C)C)no1)N(C)CC12CC3CC(CC(C3)C1)C2. The lowest BCUT2D eigenvalue weighted by atomic mass is 9.49. The summed E-state index contributed by atoms with van der Waals surface area (Å²) in [6.45, 7) is 9.79. The third kappa shape index (κ3) is 2.91. The fourth-order valence-corrected chi connectivity index (χ4v) is 6.05. The number of nitrogens with zero attached hydrogens (tertiary/aromatic N) is 3. The highest BCUT2D eigenvalue weighted by Gasteiger charge is 2.51. The molecule has 0 N–H and O–H groups in total. The molecule has 1 aromatic heterocycles. The molecule has 4 heteroatoms. The summed E-state index contributed by atoms with van der Waals surface area (Å²) in [6, 6.07) is 0.196. The average Bonchev–Trinajstić information content (AvgIpc) is 2.94. The molecule has 1 unspecified atom stereocenters. The molecular weight excluding hydrogens is 298 g/mol. The first-order valence-electron chi connectivity index (χ1n) is 9.78. The first-order valence-corrected chi connectivity index (χ1v) is 9.78. The Morgan fingerprint density at radius 1 is 1.12 bits per heavy atom. The van der Waals surface area contributed by atoms with Gasteiger partial charge in [0.1, 0.15) is 0 Å². The van der Waals surface area contributed by atoms with Gasteiger partial charge >= 0.3 is 0 Å². The first-order chi connectivity index (χ1) is 11.2. The van der Waals surface area contributed by atoms with Crippen molar-refractivity contribution in [2.45, 2.75) is 77.7 Å². The van der Waals surface area contributed by atoms with E-state index >= 15 is 0 Å². The summed E-state index contributed by atoms with van der Waals surface area (Å²) in [5.74, 6) is 4.61. The van der Waals surface area contributed by atoms with Gasteiger partial charge in [0.25, 0.3) is 0 Å². The fourth-order valence-electron chi connectivity index (χ4n) is 6.05. The molecule has 4 saturated carbocycles. The second-order valence-corrected chi connectivity index (χ2v) is 10.2. The lowest BCUT2D eigenvalue weighted by Crippen LogP contribution is -2.50. The van der Waals surface area contributed by atoms with Crippen LogP contribution in [0.5, 0.6) is 0 Å². The van der Waals surface area contributed by atoms with Gasteiger partial charge in [0, 0.05) is 12.0 Å². The molecule has 4 fully saturated rings. The standard InChI is InChI=1S/C20H33N3O/c1-13(17-21-18(22-24-17)19(2,3)4)23(5)12-20-9-14-6-15(10-20)8-16(7-14)11-20/h13-16H,6-12H2,1-5H3. The normalized spacial score (nSPS) is 36.5. The summed E-state index contributed by atoms with van der Waals surface area (Å²) in [4.78, 5) is 7.14. The van der Waals surface area contributed by atoms with E-state index in [1.807, 2.05) is 0 Å². The van der Waals surface area contributed by atoms with E-state index in [-0.39, 0.29) is 11.5 Å². The smallest absolute Gasteiger partial charge is 0.243 e. The van der Waals surface area contributed by atoms with E-state index in [1.54, 1.807) is 0 Å². The molecular formula is C20H33N3O. The zero-order chi connectivity index (χ0) is 17.1. The molecule has 0 aliphatic heterocycles. The molecule has 1 heterocycles. The topological polar surface area (TPSA) is 42.2 Å². The van der Waals surface area contributed by atoms with Crippen LogP contribution < -0.4 is 0 Å². The molecule has 4 nitrogen and oxygen atoms in total. The van der Waals surface area contributed by atoms with Gasteiger partial charge in [-0.2, -0.15) is 4.98 Å². The molecule has 0 aromatic carbocycles. The number of aromatic nitrogens is 2. The summed E-state index contributed by atoms with van der Waals surface area (Å²) in [5, 5.41) is 4.20. The summed E-state index contributed by atoms with van der Waals surface area (Å²) in [5.41, 5.74) is 0.505. The van der Waals surface area contributed by atoms with Gasteiger partial charge in [0.2, 0.25) is 5.89 Å². The van der Waals surface area contributed by atoms with E-state index < -0.39 is 0 Å². The third-order valence-corrected chi connectivity index (χ3v) is 6.88. The van der Waals surface area contributed by atoms with Crippen LogP contribution in [0.1, 0.15) is 84.0 Å². The summed E-state index contributed by atoms with van der Waals surface area (Å²) < 4.78 is 5.59. The van der Waals surface area contributed by atoms with Crippen LogP contribution in [-0.2, 0) is 5.41 Å². The van der Waals surface area contributed by atoms with E-state index in [4.69, 9.17) is 4.52 Å². The fraction of sp³-hybridized carbons (Fsp3) is 0.900. The molecule has 24 heavy (non-hydrogen) atoms. The van der Waals surface area contributed by atoms with Crippen molar-refractivity contribution in [3.63, 3.8) is 0 Å². The monoisotopic (exact) mass is 331 g/mol. The molecule has 0 radical (unpaired) electrons. The van der Waals surface area contributed by atoms with E-state index in [0.717, 1.165) is 29.5 Å². The van der Waals surface area contributed by atoms with Crippen LogP contribution >= 0.6 is 0 Å². The average molecular weight is 332 g/mol. The minimum atomic E-state index is -0.0556. The zero-order valence-corrected chi connectivity index (χ0v) is 16.0. The molecule has 4 aliphatic rings. The van der Waals surface area contributed by atoms with Crippen LogP contribution in [0.25, 0.3) is 0 Å². The summed E-state index contributed by atoms with van der Waals surface area (Å²) in [6.07, 6.45) is 8.89. The Morgan fingerprint density at radius 3 is 2.12 bits per heavy atom. The van der Waals surface area contributed by atoms with Gasteiger partial charge in [0.15, 0.2) is 5.82 Å². The molecule has 134 valence electrons. The number of hydrogen-bond donors (Lipinski definition) is 0. The lowest BCUT2D eigenvalue weighted by Gasteiger charge is -2.58. The van der Waals surface area contributed by atoms with E-state index in [9.17, 15) is 0 Å². The summed E-state index contributed by atoms with van der Waals surface area (Å²) >= 11 is 0. The Kier molecular flexibility index (Phi) is 3.83. The molecule has 0 spiro atoms. The number of hydrogen-bond acceptors (Lipinski definition) is 4. The predicted molar refractivity (Wildman–Crippen MR) is 94.6 cm³/mol. The van der Waals surface area contributed by atoms with E-state index in [0.29, 0.717) is 5.41 Å². The Bertz CT molecular complexity index is 565. The molecule has 4 aliphatic carbocycles. The Balaban J connectivity index is 1.46. The van der Waals surface area contributed by atoms with Crippen molar-refractivity contribution in [1.82, 2.24) is 15.0 Å². The minimum Gasteiger partial charge on any atom is -0.338 e. The van der Waals surface area contributed by atoms with Crippen molar-refractivity contribution < 1.29 is 4.52 Å². The Labute approximate surface area is 146 Å². The highest BCUT2D eigenvalue weighted by Crippen LogP contribution is 2.60. The van der Waals surface area contributed by atoms with Gasteiger partial charge in [0.05, 0.1) is 6.04 Å². The molecule has 0 saturated heterocycles. The second-order valence-electron chi connectivity index (χ2n) is 10.2. The zero-order valence-electron chi connectivity index (χ0n) is 16.0. The predicted octanol–water partition coefficient (Wildman–Crippen LogP) is 4.58. The third-order valence-electron chi connectivity index (χ3n) is 6.88. The van der Waals surface area contributed by atoms with Crippen LogP contribution in [-0.4, -0.2) is 28.6 Å². The second kappa shape index (κ2) is 5.55. The molecule has 1 aromatic rings. The van der Waals surface area contributed by atoms with Gasteiger partial charge in [-0.3, -0.25) is 4.90 Å². The molecule has 0 amide bonds. The maximum absolute atomic E-state index is 5.59. The Hall–Kier alpha value is -0.900. The highest BCUT2D eigenvalue weighted by atomic mass is 16.5. The molecule has 1 atom stereocenters. The van der Waals surface area contributed by atoms with Crippen LogP contribution in [0, 0.1) is 23.2 Å². The van der Waals surface area contributed by atoms with Crippen LogP contribution in [0.3, 0.4) is 0 Å². The van der Waals surface area contributed by atoms with Crippen molar-refractivity contribution in [1.29, 1.82) is 0 Å². The van der Waals surface area contributed by atoms with Crippen LogP contribution in [0.2, 0.25) is 0 Å². The van der Waals surface area contributed by atoms with Crippen molar-refractivity contribution in [2.75, 3.05) is 13.6 Å². The van der Waals surface area contributed by atoms with Gasteiger partial charge in [-0.25, -0.2) is 0 Å². The first kappa shape index (κ1) is 16.6. The van der Waals surface area contributed by atoms with Crippen molar-refractivity contribution >= 4 is 0 Å². The van der Waals surface area contributed by atoms with Crippen LogP contribution in [0.4, 0.5) is 0 Å². The highest BCUT2D eigenvalue weighted by molar-refractivity contribution is 5.05. The van der Waals surface area contributed by atoms with Crippen molar-refractivity contribution in [3.05, 3.63) is 11.7 Å². The van der Waals surface area contributed by atoms with Gasteiger partial charge < -0.3 is 4.52 Å². The largest absolute Gasteiger partial charge is 0.338 e. The quantitative estimate of drug-likeness (QED) is 0.810. The lowest BCUT2D eigenvalue weighted by molar-refractivity contribution is -0.0713. The van der Waals surface area contributed by atoms with Gasteiger partial charge in [-0.05, 0) is 75.7 Å². The summed E-state index contributed by atoms with van der Waals surface area (Å²) in [7, 11) is 2.24. The van der Waals surface area contributed by atoms with Crippen molar-refractivity contribution in [2.24, 2.45) is 23.2 Å². The Morgan fingerprint density at radius 2 is 1.67 bits per heavy atom. The number of rotatable bonds is 4. The molecule has 5 rings (SSSR count).